The van der Waals surface area contributed by atoms with E-state index in [0.29, 0.717) is 32.0 Å². The Morgan fingerprint density at radius 1 is 0.892 bits per heavy atom. The number of rotatable bonds is 9. The highest BCUT2D eigenvalue weighted by Crippen LogP contribution is 2.31. The van der Waals surface area contributed by atoms with Gasteiger partial charge in [0.05, 0.1) is 11.6 Å². The summed E-state index contributed by atoms with van der Waals surface area (Å²) >= 11 is 0. The second-order valence-corrected chi connectivity index (χ2v) is 11.8. The number of nitrogens with zero attached hydrogens (tertiary/aromatic N) is 3. The van der Waals surface area contributed by atoms with E-state index in [4.69, 9.17) is 0 Å². The van der Waals surface area contributed by atoms with E-state index in [1.807, 2.05) is 23.1 Å². The summed E-state index contributed by atoms with van der Waals surface area (Å²) in [6.07, 6.45) is 1.50. The van der Waals surface area contributed by atoms with Gasteiger partial charge in [0.25, 0.3) is 9.84 Å². The van der Waals surface area contributed by atoms with Crippen LogP contribution in [0.25, 0.3) is 0 Å². The molecule has 0 bridgehead atoms. The van der Waals surface area contributed by atoms with Crippen LogP contribution in [-0.2, 0) is 33.1 Å². The van der Waals surface area contributed by atoms with Crippen LogP contribution in [0.4, 0.5) is 24.7 Å². The van der Waals surface area contributed by atoms with Gasteiger partial charge in [0.2, 0.25) is 0 Å². The van der Waals surface area contributed by atoms with Crippen molar-refractivity contribution in [3.05, 3.63) is 84.1 Å². The lowest BCUT2D eigenvalue weighted by molar-refractivity contribution is -0.0436. The molecular weight excluding hydrogens is 531 g/mol. The van der Waals surface area contributed by atoms with E-state index in [1.165, 1.54) is 18.3 Å². The first-order valence-corrected chi connectivity index (χ1v) is 14.0. The fourth-order valence-corrected chi connectivity index (χ4v) is 5.37. The van der Waals surface area contributed by atoms with Crippen molar-refractivity contribution in [1.29, 1.82) is 0 Å². The second kappa shape index (κ2) is 10.7. The van der Waals surface area contributed by atoms with Crippen molar-refractivity contribution < 1.29 is 30.0 Å². The molecule has 0 saturated carbocycles. The Balaban J connectivity index is 1.34. The molecule has 0 radical (unpaired) electrons. The summed E-state index contributed by atoms with van der Waals surface area (Å²) in [5.41, 5.74) is -3.14. The highest BCUT2D eigenvalue weighted by Gasteiger charge is 2.46. The van der Waals surface area contributed by atoms with Gasteiger partial charge in [-0.1, -0.05) is 30.3 Å². The predicted octanol–water partition coefficient (Wildman–Crippen LogP) is 3.10. The van der Waals surface area contributed by atoms with Crippen LogP contribution in [0.15, 0.2) is 77.8 Å². The van der Waals surface area contributed by atoms with E-state index in [9.17, 15) is 30.0 Å². The Kier molecular flexibility index (Phi) is 7.73. The fourth-order valence-electron chi connectivity index (χ4n) is 3.79. The van der Waals surface area contributed by atoms with Gasteiger partial charge in [-0.25, -0.2) is 13.4 Å². The van der Waals surface area contributed by atoms with Crippen LogP contribution < -0.4 is 14.3 Å². The third-order valence-electron chi connectivity index (χ3n) is 5.65. The van der Waals surface area contributed by atoms with Crippen LogP contribution in [0, 0.1) is 0 Å². The number of benzene rings is 2. The van der Waals surface area contributed by atoms with Crippen LogP contribution in [0.3, 0.4) is 0 Å². The van der Waals surface area contributed by atoms with Crippen LogP contribution in [0.2, 0.25) is 0 Å². The summed E-state index contributed by atoms with van der Waals surface area (Å²) in [6.45, 7) is 2.28. The van der Waals surface area contributed by atoms with Gasteiger partial charge in [-0.2, -0.15) is 26.3 Å². The van der Waals surface area contributed by atoms with Gasteiger partial charge in [0, 0.05) is 38.1 Å². The molecule has 4 rings (SSSR count). The molecule has 14 heteroatoms. The molecule has 198 valence electrons. The summed E-state index contributed by atoms with van der Waals surface area (Å²) in [7, 11) is -9.23. The Bertz CT molecular complexity index is 1440. The molecule has 0 spiro atoms. The summed E-state index contributed by atoms with van der Waals surface area (Å²) in [5, 5.41) is 0. The second-order valence-electron chi connectivity index (χ2n) is 8.36. The maximum atomic E-state index is 12.8. The van der Waals surface area contributed by atoms with E-state index in [0.717, 1.165) is 23.3 Å². The average molecular weight is 556 g/mol. The number of sulfone groups is 1. The van der Waals surface area contributed by atoms with Gasteiger partial charge in [-0.3, -0.25) is 9.62 Å². The van der Waals surface area contributed by atoms with E-state index in [2.05, 4.69) is 19.3 Å². The molecule has 2 N–H and O–H groups in total. The largest absolute Gasteiger partial charge is 0.501 e. The number of hydrogen-bond donors (Lipinski definition) is 2. The monoisotopic (exact) mass is 555 g/mol. The predicted molar refractivity (Wildman–Crippen MR) is 132 cm³/mol. The van der Waals surface area contributed by atoms with Gasteiger partial charge in [-0.05, 0) is 47.5 Å². The molecule has 0 atom stereocenters. The Labute approximate surface area is 213 Å². The molecule has 1 aliphatic heterocycles. The van der Waals surface area contributed by atoms with Gasteiger partial charge >= 0.3 is 15.7 Å². The zero-order valence-electron chi connectivity index (χ0n) is 19.4. The van der Waals surface area contributed by atoms with Crippen LogP contribution >= 0.6 is 0 Å². The molecule has 1 aromatic heterocycles. The molecule has 9 nitrogen and oxygen atoms in total. The van der Waals surface area contributed by atoms with Crippen LogP contribution in [0.5, 0.6) is 0 Å². The van der Waals surface area contributed by atoms with Gasteiger partial charge in [0.15, 0.2) is 0 Å². The highest BCUT2D eigenvalue weighted by molar-refractivity contribution is 7.92. The van der Waals surface area contributed by atoms with Crippen molar-refractivity contribution in [3.8, 4) is 0 Å². The van der Waals surface area contributed by atoms with Crippen molar-refractivity contribution in [2.75, 3.05) is 29.4 Å². The molecule has 0 aliphatic carbocycles. The number of hydrogen-bond acceptors (Lipinski definition) is 7. The number of alkyl halides is 3. The van der Waals surface area contributed by atoms with Gasteiger partial charge in [0.1, 0.15) is 5.82 Å². The number of halogens is 3. The molecular formula is C23H24F3N5O4S2. The summed E-state index contributed by atoms with van der Waals surface area (Å²) in [5.74, 6) is 0.163. The topological polar surface area (TPSA) is 112 Å². The normalized spacial score (nSPS) is 15.2. The van der Waals surface area contributed by atoms with E-state index < -0.39 is 30.5 Å². The molecule has 2 aromatic carbocycles. The summed E-state index contributed by atoms with van der Waals surface area (Å²) in [4.78, 5) is 7.23. The maximum Gasteiger partial charge on any atom is 0.501 e. The minimum absolute atomic E-state index is 0.128. The first kappa shape index (κ1) is 26.9. The molecule has 1 fully saturated rings. The molecule has 1 aliphatic rings. The Hall–Kier alpha value is -3.20. The average Bonchev–Trinajstić information content (AvgIpc) is 3.31. The van der Waals surface area contributed by atoms with Crippen molar-refractivity contribution >= 4 is 31.6 Å². The van der Waals surface area contributed by atoms with Crippen LogP contribution in [-0.4, -0.2) is 52.0 Å². The van der Waals surface area contributed by atoms with E-state index >= 15 is 0 Å². The first-order chi connectivity index (χ1) is 17.4. The zero-order chi connectivity index (χ0) is 26.7. The van der Waals surface area contributed by atoms with Crippen molar-refractivity contribution in [2.45, 2.75) is 23.5 Å². The highest BCUT2D eigenvalue weighted by atomic mass is 32.2. The molecule has 2 heterocycles. The standard InChI is InChI=1S/C23H24F3N5O4S2/c24-23(25,26)36(32,33)21-8-6-20(7-9-21)31-13-12-30(17-31)16-19-10-11-27-22(14-19)29-37(34,35)28-15-18-4-2-1-3-5-18/h1-11,14,28H,12-13,15-17H2,(H,27,29). The number of aromatic nitrogens is 1. The number of anilines is 2. The lowest BCUT2D eigenvalue weighted by atomic mass is 10.2. The lowest BCUT2D eigenvalue weighted by Gasteiger charge is -2.20. The van der Waals surface area contributed by atoms with E-state index in [-0.39, 0.29) is 12.4 Å². The number of pyridine rings is 1. The minimum atomic E-state index is -5.39. The molecule has 37 heavy (non-hydrogen) atoms. The fraction of sp³-hybridized carbons (Fsp3) is 0.261. The Morgan fingerprint density at radius 3 is 2.27 bits per heavy atom. The van der Waals surface area contributed by atoms with Crippen LogP contribution in [0.1, 0.15) is 11.1 Å². The smallest absolute Gasteiger partial charge is 0.357 e. The van der Waals surface area contributed by atoms with Gasteiger partial charge < -0.3 is 4.90 Å². The first-order valence-electron chi connectivity index (χ1n) is 11.1. The summed E-state index contributed by atoms with van der Waals surface area (Å²) < 4.78 is 91.0. The lowest BCUT2D eigenvalue weighted by Crippen LogP contribution is -2.30. The zero-order valence-corrected chi connectivity index (χ0v) is 21.0. The number of nitrogens with one attached hydrogen (secondary N) is 2. The maximum absolute atomic E-state index is 12.8. The molecule has 0 amide bonds. The minimum Gasteiger partial charge on any atom is -0.357 e. The van der Waals surface area contributed by atoms with Crippen molar-refractivity contribution in [2.24, 2.45) is 0 Å². The quantitative estimate of drug-likeness (QED) is 0.417. The van der Waals surface area contributed by atoms with Crippen molar-refractivity contribution in [1.82, 2.24) is 14.6 Å². The third kappa shape index (κ3) is 6.77. The van der Waals surface area contributed by atoms with Crippen molar-refractivity contribution in [3.63, 3.8) is 0 Å². The van der Waals surface area contributed by atoms with Gasteiger partial charge in [-0.15, -0.1) is 0 Å². The molecule has 3 aromatic rings. The molecule has 0 unspecified atom stereocenters. The Morgan fingerprint density at radius 2 is 1.59 bits per heavy atom. The van der Waals surface area contributed by atoms with E-state index in [1.54, 1.807) is 24.3 Å². The molecule has 1 saturated heterocycles. The summed E-state index contributed by atoms with van der Waals surface area (Å²) in [6, 6.07) is 17.1. The third-order valence-corrected chi connectivity index (χ3v) is 8.16. The SMILES string of the molecule is O=S(=O)(NCc1ccccc1)Nc1cc(CN2CCN(c3ccc(S(=O)(=O)C(F)(F)F)cc3)C2)ccn1.